The third-order valence-electron chi connectivity index (χ3n) is 2.13. The molecule has 1 heterocycles. The number of carbonyl (C=O) groups excluding carboxylic acids is 1. The predicted molar refractivity (Wildman–Crippen MR) is 57.6 cm³/mol. The molecule has 0 aliphatic carbocycles. The zero-order valence-corrected chi connectivity index (χ0v) is 9.41. The molecule has 0 bridgehead atoms. The number of nitrogen functional groups attached to an aromatic ring is 1. The summed E-state index contributed by atoms with van der Waals surface area (Å²) >= 11 is 0. The quantitative estimate of drug-likeness (QED) is 0.758. The summed E-state index contributed by atoms with van der Waals surface area (Å²) in [6, 6.07) is 0. The smallest absolute Gasteiger partial charge is 0.358 e. The minimum Gasteiger partial charge on any atom is -0.461 e. The Morgan fingerprint density at radius 3 is 2.67 bits per heavy atom. The molecular formula is C10H17N3O2. The number of nitrogens with zero attached hydrogens (tertiary/aromatic N) is 2. The average molecular weight is 211 g/mol. The van der Waals surface area contributed by atoms with Crippen LogP contribution >= 0.6 is 0 Å². The first kappa shape index (κ1) is 11.6. The maximum absolute atomic E-state index is 11.6. The highest BCUT2D eigenvalue weighted by atomic mass is 16.5. The second-order valence-corrected chi connectivity index (χ2v) is 3.32. The Bertz CT molecular complexity index is 358. The van der Waals surface area contributed by atoms with Gasteiger partial charge in [-0.25, -0.2) is 4.79 Å². The first-order valence-corrected chi connectivity index (χ1v) is 5.10. The van der Waals surface area contributed by atoms with E-state index in [1.54, 1.807) is 7.05 Å². The van der Waals surface area contributed by atoms with Crippen molar-refractivity contribution in [2.75, 3.05) is 12.3 Å². The fourth-order valence-corrected chi connectivity index (χ4v) is 1.36. The van der Waals surface area contributed by atoms with E-state index in [2.05, 4.69) is 5.10 Å². The predicted octanol–water partition coefficient (Wildman–Crippen LogP) is 1.13. The number of hydrogen-bond donors (Lipinski definition) is 1. The van der Waals surface area contributed by atoms with Crippen LogP contribution in [0.4, 0.5) is 5.69 Å². The van der Waals surface area contributed by atoms with Crippen molar-refractivity contribution in [2.24, 2.45) is 7.05 Å². The summed E-state index contributed by atoms with van der Waals surface area (Å²) in [7, 11) is 1.69. The number of nitrogens with two attached hydrogens (primary N) is 1. The summed E-state index contributed by atoms with van der Waals surface area (Å²) in [5.74, 6) is -0.399. The maximum atomic E-state index is 11.6. The van der Waals surface area contributed by atoms with E-state index in [-0.39, 0.29) is 0 Å². The van der Waals surface area contributed by atoms with Crippen LogP contribution in [0.1, 0.15) is 36.5 Å². The monoisotopic (exact) mass is 211 g/mol. The number of carbonyl (C=O) groups is 1. The number of rotatable bonds is 4. The fourth-order valence-electron chi connectivity index (χ4n) is 1.36. The van der Waals surface area contributed by atoms with Crippen LogP contribution in [0.2, 0.25) is 0 Å². The van der Waals surface area contributed by atoms with E-state index in [9.17, 15) is 4.79 Å². The van der Waals surface area contributed by atoms with Gasteiger partial charge in [-0.15, -0.1) is 0 Å². The molecule has 0 unspecified atom stereocenters. The van der Waals surface area contributed by atoms with Crippen LogP contribution in [0.3, 0.4) is 0 Å². The summed E-state index contributed by atoms with van der Waals surface area (Å²) in [5.41, 5.74) is 7.32. The number of ether oxygens (including phenoxy) is 1. The van der Waals surface area contributed by atoms with Gasteiger partial charge in [0.05, 0.1) is 18.0 Å². The van der Waals surface area contributed by atoms with Crippen LogP contribution in [-0.2, 0) is 18.2 Å². The molecule has 0 radical (unpaired) electrons. The van der Waals surface area contributed by atoms with Gasteiger partial charge >= 0.3 is 5.97 Å². The number of aryl methyl sites for hydroxylation is 2. The van der Waals surface area contributed by atoms with Gasteiger partial charge < -0.3 is 10.5 Å². The maximum Gasteiger partial charge on any atom is 0.358 e. The molecule has 0 aromatic carbocycles. The minimum atomic E-state index is -0.399. The summed E-state index contributed by atoms with van der Waals surface area (Å²) in [5, 5.41) is 4.15. The van der Waals surface area contributed by atoms with Gasteiger partial charge in [0, 0.05) is 7.05 Å². The lowest BCUT2D eigenvalue weighted by molar-refractivity contribution is 0.0493. The molecule has 2 N–H and O–H groups in total. The van der Waals surface area contributed by atoms with Gasteiger partial charge in [0.2, 0.25) is 0 Å². The van der Waals surface area contributed by atoms with Crippen LogP contribution in [0.5, 0.6) is 0 Å². The van der Waals surface area contributed by atoms with Gasteiger partial charge in [-0.1, -0.05) is 13.8 Å². The van der Waals surface area contributed by atoms with Gasteiger partial charge in [0.25, 0.3) is 0 Å². The summed E-state index contributed by atoms with van der Waals surface area (Å²) in [6.07, 6.45) is 1.50. The van der Waals surface area contributed by atoms with Crippen LogP contribution in [0.15, 0.2) is 0 Å². The molecule has 0 aliphatic rings. The van der Waals surface area contributed by atoms with Crippen molar-refractivity contribution in [1.82, 2.24) is 9.78 Å². The third kappa shape index (κ3) is 2.29. The standard InChI is InChI=1S/C10H17N3O2/c1-4-6-15-10(14)9-8(11)7(5-2)12-13(9)3/h4-6,11H2,1-3H3. The number of esters is 1. The summed E-state index contributed by atoms with van der Waals surface area (Å²) in [6.45, 7) is 4.29. The van der Waals surface area contributed by atoms with Gasteiger partial charge in [-0.05, 0) is 12.8 Å². The lowest BCUT2D eigenvalue weighted by Crippen LogP contribution is -2.13. The normalized spacial score (nSPS) is 10.3. The van der Waals surface area contributed by atoms with Crippen molar-refractivity contribution in [3.8, 4) is 0 Å². The van der Waals surface area contributed by atoms with Gasteiger partial charge in [-0.2, -0.15) is 5.10 Å². The van der Waals surface area contributed by atoms with Crippen LogP contribution in [0, 0.1) is 0 Å². The summed E-state index contributed by atoms with van der Waals surface area (Å²) in [4.78, 5) is 11.6. The van der Waals surface area contributed by atoms with E-state index >= 15 is 0 Å². The van der Waals surface area contributed by atoms with Gasteiger partial charge in [0.1, 0.15) is 0 Å². The molecule has 0 aliphatic heterocycles. The average Bonchev–Trinajstić information content (AvgIpc) is 2.50. The Balaban J connectivity index is 2.93. The van der Waals surface area contributed by atoms with Crippen molar-refractivity contribution in [3.05, 3.63) is 11.4 Å². The lowest BCUT2D eigenvalue weighted by Gasteiger charge is -2.03. The van der Waals surface area contributed by atoms with Crippen molar-refractivity contribution in [3.63, 3.8) is 0 Å². The molecule has 0 saturated carbocycles. The molecule has 0 spiro atoms. The van der Waals surface area contributed by atoms with Crippen molar-refractivity contribution >= 4 is 11.7 Å². The molecule has 0 saturated heterocycles. The number of aromatic nitrogens is 2. The van der Waals surface area contributed by atoms with Gasteiger partial charge in [-0.3, -0.25) is 4.68 Å². The highest BCUT2D eigenvalue weighted by Gasteiger charge is 2.19. The van der Waals surface area contributed by atoms with Crippen molar-refractivity contribution in [1.29, 1.82) is 0 Å². The van der Waals surface area contributed by atoms with Crippen molar-refractivity contribution < 1.29 is 9.53 Å². The fraction of sp³-hybridized carbons (Fsp3) is 0.600. The zero-order valence-electron chi connectivity index (χ0n) is 9.41. The minimum absolute atomic E-state index is 0.348. The van der Waals surface area contributed by atoms with Crippen molar-refractivity contribution in [2.45, 2.75) is 26.7 Å². The molecule has 1 aromatic heterocycles. The molecular weight excluding hydrogens is 194 g/mol. The molecule has 84 valence electrons. The van der Waals surface area contributed by atoms with E-state index in [0.29, 0.717) is 24.4 Å². The molecule has 0 atom stereocenters. The highest BCUT2D eigenvalue weighted by Crippen LogP contribution is 2.17. The Kier molecular flexibility index (Phi) is 3.71. The molecule has 0 amide bonds. The zero-order chi connectivity index (χ0) is 11.4. The third-order valence-corrected chi connectivity index (χ3v) is 2.13. The molecule has 1 rings (SSSR count). The molecule has 15 heavy (non-hydrogen) atoms. The second kappa shape index (κ2) is 4.82. The van der Waals surface area contributed by atoms with E-state index in [1.807, 2.05) is 13.8 Å². The van der Waals surface area contributed by atoms with Crippen LogP contribution in [0.25, 0.3) is 0 Å². The highest BCUT2D eigenvalue weighted by molar-refractivity contribution is 5.93. The molecule has 1 aromatic rings. The number of hydrogen-bond acceptors (Lipinski definition) is 4. The van der Waals surface area contributed by atoms with Crippen LogP contribution in [-0.4, -0.2) is 22.4 Å². The van der Waals surface area contributed by atoms with E-state index in [0.717, 1.165) is 12.1 Å². The Morgan fingerprint density at radius 2 is 2.20 bits per heavy atom. The topological polar surface area (TPSA) is 70.1 Å². The molecule has 5 nitrogen and oxygen atoms in total. The SMILES string of the molecule is CCCOC(=O)c1c(N)c(CC)nn1C. The largest absolute Gasteiger partial charge is 0.461 e. The Hall–Kier alpha value is -1.52. The van der Waals surface area contributed by atoms with Crippen LogP contribution < -0.4 is 5.73 Å². The van der Waals surface area contributed by atoms with Gasteiger partial charge in [0.15, 0.2) is 5.69 Å². The first-order valence-electron chi connectivity index (χ1n) is 5.10. The molecule has 0 fully saturated rings. The molecule has 5 heteroatoms. The van der Waals surface area contributed by atoms with E-state index in [4.69, 9.17) is 10.5 Å². The van der Waals surface area contributed by atoms with E-state index in [1.165, 1.54) is 4.68 Å². The Morgan fingerprint density at radius 1 is 1.53 bits per heavy atom. The van der Waals surface area contributed by atoms with E-state index < -0.39 is 5.97 Å². The lowest BCUT2D eigenvalue weighted by atomic mass is 10.2. The number of anilines is 1. The summed E-state index contributed by atoms with van der Waals surface area (Å²) < 4.78 is 6.50. The Labute approximate surface area is 89.2 Å². The second-order valence-electron chi connectivity index (χ2n) is 3.32. The first-order chi connectivity index (χ1) is 7.11.